The number of rotatable bonds is 14. The van der Waals surface area contributed by atoms with Crippen LogP contribution in [0, 0.1) is 11.8 Å². The normalized spacial score (nSPS) is 18.1. The zero-order valence-corrected chi connectivity index (χ0v) is 38.8. The van der Waals surface area contributed by atoms with Crippen molar-refractivity contribution in [2.24, 2.45) is 16.8 Å². The SMILES string of the molecule is COC(=O)N[C@H](C(=O)N1CCCC1C1=NC=C(c2ccc(-c3csc4c(-c5ccc(-c6cnc(C7CCCN7C(=O)[C@@H](NC(=O)CO)C(C)C)[nH]6)cc5)c(C(=O)OC)[nH]c34)cc2)C1)C(C)C. The van der Waals surface area contributed by atoms with Gasteiger partial charge in [-0.25, -0.2) is 14.6 Å². The van der Waals surface area contributed by atoms with Gasteiger partial charge in [-0.2, -0.15) is 0 Å². The van der Waals surface area contributed by atoms with E-state index in [0.717, 1.165) is 86.3 Å². The molecule has 0 bridgehead atoms. The molecular weight excluding hydrogens is 861 g/mol. The summed E-state index contributed by atoms with van der Waals surface area (Å²) < 4.78 is 10.9. The number of aromatic nitrogens is 3. The summed E-state index contributed by atoms with van der Waals surface area (Å²) >= 11 is 1.55. The van der Waals surface area contributed by atoms with Crippen molar-refractivity contribution < 1.29 is 38.6 Å². The van der Waals surface area contributed by atoms with Gasteiger partial charge < -0.3 is 45.0 Å². The molecule has 2 unspecified atom stereocenters. The van der Waals surface area contributed by atoms with Gasteiger partial charge in [0, 0.05) is 47.9 Å². The van der Waals surface area contributed by atoms with Gasteiger partial charge in [0.05, 0.1) is 48.4 Å². The number of hydrogen-bond donors (Lipinski definition) is 5. The number of amides is 4. The molecule has 6 heterocycles. The summed E-state index contributed by atoms with van der Waals surface area (Å²) in [4.78, 5) is 84.5. The zero-order chi connectivity index (χ0) is 46.8. The van der Waals surface area contributed by atoms with Crippen LogP contribution >= 0.6 is 11.3 Å². The third-order valence-corrected chi connectivity index (χ3v) is 13.9. The second-order valence-electron chi connectivity index (χ2n) is 17.7. The molecule has 0 saturated carbocycles. The molecule has 3 aromatic heterocycles. The number of nitrogens with one attached hydrogen (secondary N) is 4. The van der Waals surface area contributed by atoms with Gasteiger partial charge in [0.1, 0.15) is 30.2 Å². The van der Waals surface area contributed by atoms with E-state index < -0.39 is 36.7 Å². The first-order chi connectivity index (χ1) is 31.8. The minimum Gasteiger partial charge on any atom is -0.464 e. The number of fused-ring (bicyclic) bond motifs is 1. The lowest BCUT2D eigenvalue weighted by Crippen LogP contribution is -2.53. The van der Waals surface area contributed by atoms with E-state index in [1.807, 2.05) is 63.1 Å². The molecule has 0 aliphatic carbocycles. The highest BCUT2D eigenvalue weighted by molar-refractivity contribution is 7.18. The van der Waals surface area contributed by atoms with E-state index in [1.54, 1.807) is 22.4 Å². The highest BCUT2D eigenvalue weighted by Crippen LogP contribution is 2.43. The minimum atomic E-state index is -0.758. The predicted octanol–water partition coefficient (Wildman–Crippen LogP) is 7.09. The molecule has 17 heteroatoms. The van der Waals surface area contributed by atoms with Crippen molar-refractivity contribution in [2.75, 3.05) is 33.9 Å². The number of aromatic amines is 2. The molecule has 16 nitrogen and oxygen atoms in total. The molecule has 346 valence electrons. The summed E-state index contributed by atoms with van der Waals surface area (Å²) in [7, 11) is 2.66. The van der Waals surface area contributed by atoms with Gasteiger partial charge in [-0.15, -0.1) is 11.3 Å². The Morgan fingerprint density at radius 1 is 0.803 bits per heavy atom. The Morgan fingerprint density at radius 2 is 1.41 bits per heavy atom. The number of allylic oxidation sites excluding steroid dienone is 1. The Labute approximate surface area is 386 Å². The molecule has 5 aromatic rings. The van der Waals surface area contributed by atoms with E-state index in [9.17, 15) is 29.1 Å². The first-order valence-electron chi connectivity index (χ1n) is 22.4. The molecule has 3 aliphatic heterocycles. The summed E-state index contributed by atoms with van der Waals surface area (Å²) in [5.41, 5.74) is 9.35. The largest absolute Gasteiger partial charge is 0.464 e. The summed E-state index contributed by atoms with van der Waals surface area (Å²) in [6.07, 6.45) is 6.81. The van der Waals surface area contributed by atoms with Crippen molar-refractivity contribution >= 4 is 62.6 Å². The summed E-state index contributed by atoms with van der Waals surface area (Å²) in [5.74, 6) is -1.02. The standard InChI is InChI=1S/C49H56N8O8S/c1-26(2)40(53-38(59)24-58)46(60)57-20-8-10-37(57)45-51-23-35(52-45)30-15-17-31(18-16-30)39-43(48(62)64-5)54-42-33(25-66-44(39)42)29-13-11-28(12-14-29)32-21-34(50-22-32)36-9-7-19-56(36)47(61)41(27(3)4)55-49(63)65-6/h11-18,22-23,25-27,36-37,40-41,54,58H,7-10,19-21,24H2,1-6H3,(H,51,52)(H,53,59)(H,55,63)/t36?,37?,40-,41-/m0/s1. The van der Waals surface area contributed by atoms with E-state index in [0.29, 0.717) is 31.0 Å². The minimum absolute atomic E-state index is 0.113. The van der Waals surface area contributed by atoms with Crippen LogP contribution in [-0.4, -0.2) is 117 Å². The number of aliphatic imine (C=N–C) groups is 1. The Kier molecular flexibility index (Phi) is 13.6. The number of imidazole rings is 1. The second kappa shape index (κ2) is 19.5. The maximum atomic E-state index is 13.7. The lowest BCUT2D eigenvalue weighted by atomic mass is 9.96. The van der Waals surface area contributed by atoms with Crippen LogP contribution in [-0.2, 0) is 23.9 Å². The van der Waals surface area contributed by atoms with E-state index in [-0.39, 0.29) is 35.7 Å². The van der Waals surface area contributed by atoms with Gasteiger partial charge >= 0.3 is 12.1 Å². The fraction of sp³-hybridized carbons (Fsp3) is 0.408. The van der Waals surface area contributed by atoms with Crippen LogP contribution < -0.4 is 10.6 Å². The number of carbonyl (C=O) groups is 5. The smallest absolute Gasteiger partial charge is 0.407 e. The highest BCUT2D eigenvalue weighted by atomic mass is 32.1. The Hall–Kier alpha value is -6.59. The lowest BCUT2D eigenvalue weighted by Gasteiger charge is -2.31. The number of aliphatic hydroxyl groups is 1. The second-order valence-corrected chi connectivity index (χ2v) is 18.6. The Bertz CT molecular complexity index is 2700. The number of esters is 1. The zero-order valence-electron chi connectivity index (χ0n) is 38.0. The third kappa shape index (κ3) is 9.01. The maximum absolute atomic E-state index is 13.7. The topological polar surface area (TPSA) is 211 Å². The molecule has 3 aliphatic rings. The van der Waals surface area contributed by atoms with Crippen LogP contribution in [0.15, 0.2) is 71.3 Å². The van der Waals surface area contributed by atoms with Crippen LogP contribution in [0.4, 0.5) is 4.79 Å². The molecule has 5 N–H and O–H groups in total. The van der Waals surface area contributed by atoms with E-state index in [1.165, 1.54) is 14.2 Å². The van der Waals surface area contributed by atoms with Crippen molar-refractivity contribution in [3.63, 3.8) is 0 Å². The first kappa shape index (κ1) is 46.0. The maximum Gasteiger partial charge on any atom is 0.407 e. The van der Waals surface area contributed by atoms with Gasteiger partial charge in [-0.1, -0.05) is 76.2 Å². The number of thiophene rings is 1. The number of benzene rings is 2. The fourth-order valence-electron chi connectivity index (χ4n) is 9.35. The molecule has 2 fully saturated rings. The molecular formula is C49H56N8O8S. The number of hydrogen-bond acceptors (Lipinski definition) is 11. The summed E-state index contributed by atoms with van der Waals surface area (Å²) in [6, 6.07) is 14.3. The van der Waals surface area contributed by atoms with Crippen molar-refractivity contribution in [2.45, 2.75) is 84.0 Å². The van der Waals surface area contributed by atoms with Crippen LogP contribution in [0.1, 0.15) is 87.7 Å². The van der Waals surface area contributed by atoms with Crippen molar-refractivity contribution in [3.05, 3.63) is 83.4 Å². The first-order valence-corrected chi connectivity index (χ1v) is 23.3. The number of carbonyl (C=O) groups excluding carboxylic acids is 5. The highest BCUT2D eigenvalue weighted by Gasteiger charge is 2.39. The van der Waals surface area contributed by atoms with Crippen LogP contribution in [0.3, 0.4) is 0 Å². The number of nitrogens with zero attached hydrogens (tertiary/aromatic N) is 4. The number of H-pyrrole nitrogens is 2. The average Bonchev–Trinajstić information content (AvgIpc) is 4.19. The Morgan fingerprint density at radius 3 is 2.05 bits per heavy atom. The van der Waals surface area contributed by atoms with E-state index >= 15 is 0 Å². The van der Waals surface area contributed by atoms with Gasteiger partial charge in [0.2, 0.25) is 17.7 Å². The van der Waals surface area contributed by atoms with Crippen molar-refractivity contribution in [1.82, 2.24) is 35.4 Å². The molecule has 4 amide bonds. The number of alkyl carbamates (subject to hydrolysis) is 1. The third-order valence-electron chi connectivity index (χ3n) is 12.9. The molecule has 4 atom stereocenters. The number of ether oxygens (including phenoxy) is 2. The van der Waals surface area contributed by atoms with E-state index in [2.05, 4.69) is 55.2 Å². The lowest BCUT2D eigenvalue weighted by molar-refractivity contribution is -0.139. The van der Waals surface area contributed by atoms with Crippen LogP contribution in [0.2, 0.25) is 0 Å². The molecule has 0 spiro atoms. The molecule has 66 heavy (non-hydrogen) atoms. The van der Waals surface area contributed by atoms with Crippen LogP contribution in [0.5, 0.6) is 0 Å². The van der Waals surface area contributed by atoms with Crippen LogP contribution in [0.25, 0.3) is 49.3 Å². The Balaban J connectivity index is 0.974. The summed E-state index contributed by atoms with van der Waals surface area (Å²) in [5, 5.41) is 16.8. The number of aliphatic hydroxyl groups excluding tert-OH is 1. The monoisotopic (exact) mass is 916 g/mol. The molecule has 0 radical (unpaired) electrons. The average molecular weight is 917 g/mol. The summed E-state index contributed by atoms with van der Waals surface area (Å²) in [6.45, 7) is 7.98. The van der Waals surface area contributed by atoms with Gasteiger partial charge in [0.25, 0.3) is 0 Å². The number of methoxy groups -OCH3 is 2. The van der Waals surface area contributed by atoms with Crippen molar-refractivity contribution in [3.8, 4) is 33.5 Å². The number of likely N-dealkylation sites (tertiary alicyclic amines) is 2. The van der Waals surface area contributed by atoms with E-state index in [4.69, 9.17) is 14.5 Å². The van der Waals surface area contributed by atoms with Gasteiger partial charge in [-0.3, -0.25) is 19.4 Å². The molecule has 2 aromatic carbocycles. The van der Waals surface area contributed by atoms with Gasteiger partial charge in [-0.05, 0) is 65.3 Å². The fourth-order valence-corrected chi connectivity index (χ4v) is 10.5. The van der Waals surface area contributed by atoms with Crippen molar-refractivity contribution in [1.29, 1.82) is 0 Å². The molecule has 8 rings (SSSR count). The predicted molar refractivity (Wildman–Crippen MR) is 252 cm³/mol. The molecule has 2 saturated heterocycles. The van der Waals surface area contributed by atoms with Gasteiger partial charge in [0.15, 0.2) is 0 Å². The quantitative estimate of drug-likeness (QED) is 0.0719.